The van der Waals surface area contributed by atoms with Gasteiger partial charge in [0.15, 0.2) is 0 Å². The molecule has 1 aromatic rings. The Morgan fingerprint density at radius 1 is 1.24 bits per heavy atom. The topological polar surface area (TPSA) is 12.0 Å². The highest BCUT2D eigenvalue weighted by molar-refractivity contribution is 6.36. The molecule has 17 heavy (non-hydrogen) atoms. The van der Waals surface area contributed by atoms with Gasteiger partial charge in [-0.1, -0.05) is 49.9 Å². The fraction of sp³-hybridized carbons (Fsp3) is 0.571. The SMILES string of the molecule is CC1(C)CCCCC1Nc1ccc(Cl)cc1Cl. The van der Waals surface area contributed by atoms with Gasteiger partial charge in [0.2, 0.25) is 0 Å². The first kappa shape index (κ1) is 13.0. The maximum atomic E-state index is 6.19. The van der Waals surface area contributed by atoms with Crippen molar-refractivity contribution < 1.29 is 0 Å². The van der Waals surface area contributed by atoms with Crippen LogP contribution in [0.3, 0.4) is 0 Å². The van der Waals surface area contributed by atoms with Crippen molar-refractivity contribution in [3.05, 3.63) is 28.2 Å². The fourth-order valence-corrected chi connectivity index (χ4v) is 3.02. The zero-order chi connectivity index (χ0) is 12.5. The molecule has 2 rings (SSSR count). The summed E-state index contributed by atoms with van der Waals surface area (Å²) in [5, 5.41) is 4.97. The van der Waals surface area contributed by atoms with Gasteiger partial charge in [-0.05, 0) is 36.5 Å². The molecule has 1 N–H and O–H groups in total. The third-order valence-corrected chi connectivity index (χ3v) is 4.32. The van der Waals surface area contributed by atoms with E-state index in [1.54, 1.807) is 6.07 Å². The molecule has 1 unspecified atom stereocenters. The Hall–Kier alpha value is -0.400. The third kappa shape index (κ3) is 3.08. The molecule has 1 aliphatic carbocycles. The summed E-state index contributed by atoms with van der Waals surface area (Å²) in [6, 6.07) is 6.14. The van der Waals surface area contributed by atoms with E-state index in [2.05, 4.69) is 19.2 Å². The molecular weight excluding hydrogens is 253 g/mol. The average molecular weight is 272 g/mol. The Labute approximate surface area is 114 Å². The second-order valence-corrected chi connectivity index (χ2v) is 6.40. The van der Waals surface area contributed by atoms with Crippen LogP contribution in [0, 0.1) is 5.41 Å². The standard InChI is InChI=1S/C14H19Cl2N/c1-14(2)8-4-3-5-13(14)17-12-7-6-10(15)9-11(12)16/h6-7,9,13,17H,3-5,8H2,1-2H3. The first-order valence-corrected chi connectivity index (χ1v) is 6.96. The lowest BCUT2D eigenvalue weighted by molar-refractivity contribution is 0.217. The van der Waals surface area contributed by atoms with Crippen LogP contribution in [0.4, 0.5) is 5.69 Å². The highest BCUT2D eigenvalue weighted by Crippen LogP contribution is 2.38. The first-order valence-electron chi connectivity index (χ1n) is 6.21. The van der Waals surface area contributed by atoms with Crippen LogP contribution in [0.1, 0.15) is 39.5 Å². The van der Waals surface area contributed by atoms with E-state index in [1.165, 1.54) is 25.7 Å². The van der Waals surface area contributed by atoms with Crippen LogP contribution in [0.5, 0.6) is 0 Å². The summed E-state index contributed by atoms with van der Waals surface area (Å²) >= 11 is 12.1. The maximum absolute atomic E-state index is 6.19. The van der Waals surface area contributed by atoms with E-state index >= 15 is 0 Å². The van der Waals surface area contributed by atoms with E-state index in [0.717, 1.165) is 5.69 Å². The number of anilines is 1. The van der Waals surface area contributed by atoms with E-state index < -0.39 is 0 Å². The lowest BCUT2D eigenvalue weighted by atomic mass is 9.73. The van der Waals surface area contributed by atoms with Gasteiger partial charge < -0.3 is 5.32 Å². The molecule has 0 saturated heterocycles. The lowest BCUT2D eigenvalue weighted by Gasteiger charge is -2.39. The minimum absolute atomic E-state index is 0.335. The van der Waals surface area contributed by atoms with Crippen molar-refractivity contribution in [2.45, 2.75) is 45.6 Å². The van der Waals surface area contributed by atoms with Gasteiger partial charge >= 0.3 is 0 Å². The molecule has 0 heterocycles. The number of benzene rings is 1. The molecule has 0 amide bonds. The van der Waals surface area contributed by atoms with Crippen molar-refractivity contribution in [2.24, 2.45) is 5.41 Å². The summed E-state index contributed by atoms with van der Waals surface area (Å²) in [6.45, 7) is 4.65. The summed E-state index contributed by atoms with van der Waals surface area (Å²) < 4.78 is 0. The van der Waals surface area contributed by atoms with Crippen LogP contribution in [-0.4, -0.2) is 6.04 Å². The Kier molecular flexibility index (Phi) is 3.89. The van der Waals surface area contributed by atoms with Crippen molar-refractivity contribution in [3.63, 3.8) is 0 Å². The molecule has 0 aliphatic heterocycles. The van der Waals surface area contributed by atoms with Gasteiger partial charge in [-0.15, -0.1) is 0 Å². The zero-order valence-electron chi connectivity index (χ0n) is 10.4. The maximum Gasteiger partial charge on any atom is 0.0652 e. The van der Waals surface area contributed by atoms with Gasteiger partial charge in [0.25, 0.3) is 0 Å². The Morgan fingerprint density at radius 3 is 2.65 bits per heavy atom. The minimum atomic E-state index is 0.335. The molecule has 1 aromatic carbocycles. The third-order valence-electron chi connectivity index (χ3n) is 3.77. The van der Waals surface area contributed by atoms with Crippen molar-refractivity contribution in [1.82, 2.24) is 0 Å². The molecule has 1 atom stereocenters. The minimum Gasteiger partial charge on any atom is -0.381 e. The molecule has 0 aromatic heterocycles. The van der Waals surface area contributed by atoms with E-state index in [-0.39, 0.29) is 0 Å². The molecule has 94 valence electrons. The van der Waals surface area contributed by atoms with Crippen LogP contribution >= 0.6 is 23.2 Å². The lowest BCUT2D eigenvalue weighted by Crippen LogP contribution is -2.38. The second-order valence-electron chi connectivity index (χ2n) is 5.56. The quantitative estimate of drug-likeness (QED) is 0.762. The van der Waals surface area contributed by atoms with Gasteiger partial charge in [0, 0.05) is 11.1 Å². The second kappa shape index (κ2) is 5.07. The highest BCUT2D eigenvalue weighted by atomic mass is 35.5. The van der Waals surface area contributed by atoms with E-state index in [0.29, 0.717) is 21.5 Å². The van der Waals surface area contributed by atoms with Crippen LogP contribution in [0.2, 0.25) is 10.0 Å². The summed E-state index contributed by atoms with van der Waals surface area (Å²) in [6.07, 6.45) is 5.12. The Bertz CT molecular complexity index is 401. The van der Waals surface area contributed by atoms with Gasteiger partial charge in [-0.3, -0.25) is 0 Å². The van der Waals surface area contributed by atoms with Crippen LogP contribution in [0.25, 0.3) is 0 Å². The molecule has 1 nitrogen and oxygen atoms in total. The summed E-state index contributed by atoms with van der Waals surface area (Å²) in [5.74, 6) is 0. The van der Waals surface area contributed by atoms with Crippen molar-refractivity contribution in [3.8, 4) is 0 Å². The molecule has 1 saturated carbocycles. The predicted molar refractivity (Wildman–Crippen MR) is 76.1 cm³/mol. The molecule has 1 aliphatic rings. The molecule has 1 fully saturated rings. The normalized spacial score (nSPS) is 23.4. The summed E-state index contributed by atoms with van der Waals surface area (Å²) in [4.78, 5) is 0. The molecule has 0 bridgehead atoms. The Balaban J connectivity index is 2.14. The number of hydrogen-bond acceptors (Lipinski definition) is 1. The zero-order valence-corrected chi connectivity index (χ0v) is 11.9. The van der Waals surface area contributed by atoms with E-state index in [4.69, 9.17) is 23.2 Å². The molecule has 0 spiro atoms. The Morgan fingerprint density at radius 2 is 2.00 bits per heavy atom. The smallest absolute Gasteiger partial charge is 0.0652 e. The number of halogens is 2. The fourth-order valence-electron chi connectivity index (χ4n) is 2.56. The van der Waals surface area contributed by atoms with Crippen molar-refractivity contribution in [2.75, 3.05) is 5.32 Å². The van der Waals surface area contributed by atoms with E-state index in [9.17, 15) is 0 Å². The molecular formula is C14H19Cl2N. The molecule has 0 radical (unpaired) electrons. The van der Waals surface area contributed by atoms with Gasteiger partial charge in [-0.25, -0.2) is 0 Å². The summed E-state index contributed by atoms with van der Waals surface area (Å²) in [7, 11) is 0. The predicted octanol–water partition coefficient (Wildman–Crippen LogP) is 5.37. The number of nitrogens with one attached hydrogen (secondary N) is 1. The van der Waals surface area contributed by atoms with Crippen molar-refractivity contribution in [1.29, 1.82) is 0 Å². The van der Waals surface area contributed by atoms with Gasteiger partial charge in [0.05, 0.1) is 10.7 Å². The van der Waals surface area contributed by atoms with E-state index in [1.807, 2.05) is 12.1 Å². The average Bonchev–Trinajstić information content (AvgIpc) is 2.24. The van der Waals surface area contributed by atoms with Crippen molar-refractivity contribution >= 4 is 28.9 Å². The number of rotatable bonds is 2. The van der Waals surface area contributed by atoms with Gasteiger partial charge in [0.1, 0.15) is 0 Å². The molecule has 3 heteroatoms. The largest absolute Gasteiger partial charge is 0.381 e. The first-order chi connectivity index (χ1) is 7.99. The summed E-state index contributed by atoms with van der Waals surface area (Å²) in [5.41, 5.74) is 1.33. The number of hydrogen-bond donors (Lipinski definition) is 1. The monoisotopic (exact) mass is 271 g/mol. The van der Waals surface area contributed by atoms with Crippen LogP contribution in [-0.2, 0) is 0 Å². The van der Waals surface area contributed by atoms with Crippen LogP contribution < -0.4 is 5.32 Å². The van der Waals surface area contributed by atoms with Crippen LogP contribution in [0.15, 0.2) is 18.2 Å². The van der Waals surface area contributed by atoms with Gasteiger partial charge in [-0.2, -0.15) is 0 Å². The highest BCUT2D eigenvalue weighted by Gasteiger charge is 2.32.